The molecule has 0 saturated heterocycles. The molecule has 9 nitrogen and oxygen atoms in total. The number of nitrogens with zero attached hydrogens (tertiary/aromatic N) is 1. The molecule has 0 bridgehead atoms. The van der Waals surface area contributed by atoms with E-state index < -0.39 is 32.5 Å². The van der Waals surface area contributed by atoms with Crippen molar-refractivity contribution in [2.75, 3.05) is 47.5 Å². The minimum Gasteiger partial charge on any atom is -0.756 e. The lowest BCUT2D eigenvalue weighted by atomic mass is 10.0. The Morgan fingerprint density at radius 2 is 0.628 bits per heavy atom. The standard InChI is InChI=1S/C76H126NO8P/c1-6-8-10-12-14-16-18-20-22-24-26-28-30-31-32-33-34-35-36-37-38-39-40-41-42-43-44-45-47-49-51-53-55-57-59-61-63-65-67-69-76(79)85-74(73-84-86(80,81)83-71-70-77(3,4)5)72-82-75(78)68-66-64-62-60-58-56-54-52-50-48-46-29-27-25-23-21-19-17-15-13-11-9-7-2/h8-11,14-17,20-23,26-29,31-32,34-35,37-38,40-41,48,50,74H,6-7,12-13,18-19,24-25,30,33,36,39,42-47,49,51-73H2,1-5H3/b10-8-,11-9-,16-14-,17-15-,22-20-,23-21-,28-26-,29-27-,32-31-,35-34-,38-37-,41-40-,50-48-. The van der Waals surface area contributed by atoms with Gasteiger partial charge in [0.25, 0.3) is 7.82 Å². The van der Waals surface area contributed by atoms with Crippen molar-refractivity contribution in [3.05, 3.63) is 158 Å². The number of esters is 2. The van der Waals surface area contributed by atoms with E-state index in [1.165, 1.54) is 89.9 Å². The first kappa shape index (κ1) is 81.6. The fourth-order valence-corrected chi connectivity index (χ4v) is 9.60. The molecule has 0 aliphatic heterocycles. The van der Waals surface area contributed by atoms with Gasteiger partial charge in [-0.25, -0.2) is 0 Å². The van der Waals surface area contributed by atoms with Gasteiger partial charge in [0.05, 0.1) is 27.7 Å². The van der Waals surface area contributed by atoms with Crippen LogP contribution in [-0.2, 0) is 32.7 Å². The quantitative estimate of drug-likeness (QED) is 0.0195. The topological polar surface area (TPSA) is 111 Å². The highest BCUT2D eigenvalue weighted by atomic mass is 31.2. The smallest absolute Gasteiger partial charge is 0.306 e. The lowest BCUT2D eigenvalue weighted by Gasteiger charge is -2.28. The summed E-state index contributed by atoms with van der Waals surface area (Å²) in [6.45, 7) is 3.99. The molecule has 0 saturated carbocycles. The van der Waals surface area contributed by atoms with Gasteiger partial charge in [0.15, 0.2) is 6.10 Å². The lowest BCUT2D eigenvalue weighted by Crippen LogP contribution is -2.37. The molecule has 0 spiro atoms. The molecular formula is C76H126NO8P. The molecule has 0 aliphatic carbocycles. The van der Waals surface area contributed by atoms with Crippen LogP contribution in [0.3, 0.4) is 0 Å². The Kier molecular flexibility index (Phi) is 61.8. The number of carbonyl (C=O) groups excluding carboxylic acids is 2. The van der Waals surface area contributed by atoms with Crippen LogP contribution in [0.5, 0.6) is 0 Å². The molecule has 0 aliphatic rings. The van der Waals surface area contributed by atoms with E-state index in [1.54, 1.807) is 0 Å². The second-order valence-electron chi connectivity index (χ2n) is 23.4. The molecule has 0 aromatic rings. The maximum atomic E-state index is 12.9. The molecular weight excluding hydrogens is 1090 g/mol. The van der Waals surface area contributed by atoms with Crippen LogP contribution in [0.25, 0.3) is 0 Å². The number of hydrogen-bond donors (Lipinski definition) is 0. The number of carbonyl (C=O) groups is 2. The van der Waals surface area contributed by atoms with Crippen LogP contribution in [-0.4, -0.2) is 70.0 Å². The minimum atomic E-state index is -4.65. The van der Waals surface area contributed by atoms with Gasteiger partial charge < -0.3 is 27.9 Å². The summed E-state index contributed by atoms with van der Waals surface area (Å²) >= 11 is 0. The van der Waals surface area contributed by atoms with Crippen LogP contribution in [0.4, 0.5) is 0 Å². The fraction of sp³-hybridized carbons (Fsp3) is 0.632. The lowest BCUT2D eigenvalue weighted by molar-refractivity contribution is -0.870. The maximum Gasteiger partial charge on any atom is 0.306 e. The molecule has 0 heterocycles. The van der Waals surface area contributed by atoms with E-state index in [0.29, 0.717) is 23.9 Å². The number of rotatable bonds is 61. The predicted molar refractivity (Wildman–Crippen MR) is 369 cm³/mol. The molecule has 0 fully saturated rings. The highest BCUT2D eigenvalue weighted by Gasteiger charge is 2.22. The van der Waals surface area contributed by atoms with E-state index in [0.717, 1.165) is 128 Å². The summed E-state index contributed by atoms with van der Waals surface area (Å²) in [5, 5.41) is 0. The average molecular weight is 1210 g/mol. The summed E-state index contributed by atoms with van der Waals surface area (Å²) in [4.78, 5) is 38.0. The third-order valence-electron chi connectivity index (χ3n) is 14.0. The molecule has 0 rings (SSSR count). The van der Waals surface area contributed by atoms with Crippen LogP contribution >= 0.6 is 7.82 Å². The van der Waals surface area contributed by atoms with Gasteiger partial charge in [0.2, 0.25) is 0 Å². The summed E-state index contributed by atoms with van der Waals surface area (Å²) in [5.41, 5.74) is 0. The van der Waals surface area contributed by atoms with Gasteiger partial charge in [-0.15, -0.1) is 0 Å². The Morgan fingerprint density at radius 1 is 0.360 bits per heavy atom. The van der Waals surface area contributed by atoms with Crippen molar-refractivity contribution in [2.24, 2.45) is 0 Å². The van der Waals surface area contributed by atoms with Gasteiger partial charge in [0, 0.05) is 12.8 Å². The Morgan fingerprint density at radius 3 is 0.930 bits per heavy atom. The van der Waals surface area contributed by atoms with Gasteiger partial charge in [0.1, 0.15) is 19.8 Å². The van der Waals surface area contributed by atoms with E-state index in [1.807, 2.05) is 21.1 Å². The molecule has 0 amide bonds. The Balaban J connectivity index is 4.09. The van der Waals surface area contributed by atoms with Crippen molar-refractivity contribution in [1.82, 2.24) is 0 Å². The monoisotopic (exact) mass is 1210 g/mol. The third-order valence-corrected chi connectivity index (χ3v) is 15.0. The number of allylic oxidation sites excluding steroid dienone is 26. The Labute approximate surface area is 528 Å². The first-order valence-electron chi connectivity index (χ1n) is 34.2. The zero-order valence-electron chi connectivity index (χ0n) is 55.4. The third kappa shape index (κ3) is 68.7. The average Bonchev–Trinajstić information content (AvgIpc) is 3.56. The predicted octanol–water partition coefficient (Wildman–Crippen LogP) is 21.7. The summed E-state index contributed by atoms with van der Waals surface area (Å²) in [5.74, 6) is -0.852. The van der Waals surface area contributed by atoms with Crippen molar-refractivity contribution < 1.29 is 42.1 Å². The first-order chi connectivity index (χ1) is 42.0. The van der Waals surface area contributed by atoms with Crippen LogP contribution in [0, 0.1) is 0 Å². The zero-order valence-corrected chi connectivity index (χ0v) is 56.3. The van der Waals surface area contributed by atoms with Gasteiger partial charge >= 0.3 is 11.9 Å². The Hall–Kier alpha value is -4.37. The SMILES string of the molecule is CC/C=C\C/C=C\C/C=C\C/C=C\C/C=C\C/C=C\C/C=C\C/C=C\CCCCCCCCCCCCCCCCC(=O)OC(COC(=O)CCCCCCCCC/C=C\C/C=C\C/C=C\C/C=C\C/C=C\CC)COP(=O)([O-])OCC[N+](C)(C)C. The van der Waals surface area contributed by atoms with E-state index in [-0.39, 0.29) is 26.1 Å². The van der Waals surface area contributed by atoms with Crippen LogP contribution in [0.15, 0.2) is 158 Å². The second kappa shape index (κ2) is 65.1. The molecule has 10 heteroatoms. The molecule has 0 radical (unpaired) electrons. The molecule has 0 aromatic carbocycles. The van der Waals surface area contributed by atoms with Crippen molar-refractivity contribution >= 4 is 19.8 Å². The van der Waals surface area contributed by atoms with Crippen molar-refractivity contribution in [1.29, 1.82) is 0 Å². The number of likely N-dealkylation sites (N-methyl/N-ethyl adjacent to an activating group) is 1. The number of hydrogen-bond acceptors (Lipinski definition) is 8. The highest BCUT2D eigenvalue weighted by Crippen LogP contribution is 2.38. The van der Waals surface area contributed by atoms with E-state index in [9.17, 15) is 19.0 Å². The number of unbranched alkanes of at least 4 members (excludes halogenated alkanes) is 21. The van der Waals surface area contributed by atoms with E-state index in [2.05, 4.69) is 172 Å². The van der Waals surface area contributed by atoms with Crippen LogP contribution in [0.1, 0.15) is 258 Å². The van der Waals surface area contributed by atoms with E-state index in [4.69, 9.17) is 18.5 Å². The van der Waals surface area contributed by atoms with Crippen molar-refractivity contribution in [2.45, 2.75) is 264 Å². The van der Waals surface area contributed by atoms with Crippen molar-refractivity contribution in [3.8, 4) is 0 Å². The molecule has 488 valence electrons. The van der Waals surface area contributed by atoms with Gasteiger partial charge in [-0.3, -0.25) is 14.2 Å². The number of phosphoric ester groups is 1. The summed E-state index contributed by atoms with van der Waals surface area (Å²) in [7, 11) is 1.14. The summed E-state index contributed by atoms with van der Waals surface area (Å²) in [6.07, 6.45) is 97.4. The molecule has 2 unspecified atom stereocenters. The van der Waals surface area contributed by atoms with Crippen LogP contribution < -0.4 is 4.89 Å². The summed E-state index contributed by atoms with van der Waals surface area (Å²) < 4.78 is 34.3. The maximum absolute atomic E-state index is 12.9. The van der Waals surface area contributed by atoms with Gasteiger partial charge in [-0.2, -0.15) is 0 Å². The van der Waals surface area contributed by atoms with Crippen LogP contribution in [0.2, 0.25) is 0 Å². The number of phosphoric acid groups is 1. The normalized spacial score (nSPS) is 14.2. The van der Waals surface area contributed by atoms with E-state index >= 15 is 0 Å². The zero-order chi connectivity index (χ0) is 62.6. The highest BCUT2D eigenvalue weighted by molar-refractivity contribution is 7.45. The molecule has 86 heavy (non-hydrogen) atoms. The number of quaternary nitrogens is 1. The van der Waals surface area contributed by atoms with Crippen molar-refractivity contribution in [3.63, 3.8) is 0 Å². The minimum absolute atomic E-state index is 0.0401. The Bertz CT molecular complexity index is 2010. The molecule has 0 N–H and O–H groups in total. The van der Waals surface area contributed by atoms with Gasteiger partial charge in [-0.05, 0) is 122 Å². The molecule has 2 atom stereocenters. The first-order valence-corrected chi connectivity index (χ1v) is 35.7. The fourth-order valence-electron chi connectivity index (χ4n) is 8.88. The number of ether oxygens (including phenoxy) is 2. The molecule has 0 aromatic heterocycles. The van der Waals surface area contributed by atoms with Gasteiger partial charge in [-0.1, -0.05) is 281 Å². The second-order valence-corrected chi connectivity index (χ2v) is 24.8. The summed E-state index contributed by atoms with van der Waals surface area (Å²) in [6, 6.07) is 0. The largest absolute Gasteiger partial charge is 0.756 e.